The molecule has 1 aliphatic carbocycles. The Morgan fingerprint density at radius 2 is 2.31 bits per heavy atom. The van der Waals surface area contributed by atoms with Crippen molar-refractivity contribution in [1.82, 2.24) is 15.1 Å². The van der Waals surface area contributed by atoms with Gasteiger partial charge in [-0.25, -0.2) is 0 Å². The Bertz CT molecular complexity index is 368. The zero-order valence-electron chi connectivity index (χ0n) is 10.3. The maximum atomic E-state index is 6.26. The number of aromatic nitrogens is 2. The van der Waals surface area contributed by atoms with E-state index >= 15 is 0 Å². The van der Waals surface area contributed by atoms with Crippen LogP contribution in [0.5, 0.6) is 0 Å². The van der Waals surface area contributed by atoms with Gasteiger partial charge in [0.2, 0.25) is 0 Å². The predicted octanol–water partition coefficient (Wildman–Crippen LogP) is 3.01. The summed E-state index contributed by atoms with van der Waals surface area (Å²) in [5.41, 5.74) is 1.52. The lowest BCUT2D eigenvalue weighted by Gasteiger charge is -2.24. The molecule has 0 aliphatic heterocycles. The van der Waals surface area contributed by atoms with E-state index in [0.717, 1.165) is 23.7 Å². The van der Waals surface area contributed by atoms with Gasteiger partial charge in [0.05, 0.1) is 23.0 Å². The average Bonchev–Trinajstić information content (AvgIpc) is 2.90. The van der Waals surface area contributed by atoms with Gasteiger partial charge in [-0.05, 0) is 31.7 Å². The number of nitrogens with one attached hydrogen (secondary N) is 1. The Labute approximate surface area is 102 Å². The van der Waals surface area contributed by atoms with E-state index in [1.54, 1.807) is 6.20 Å². The molecule has 2 rings (SSSR count). The van der Waals surface area contributed by atoms with E-state index in [9.17, 15) is 0 Å². The molecule has 1 heterocycles. The van der Waals surface area contributed by atoms with Gasteiger partial charge in [0.1, 0.15) is 0 Å². The van der Waals surface area contributed by atoms with Crippen LogP contribution in [0.2, 0.25) is 5.02 Å². The molecule has 1 aliphatic rings. The summed E-state index contributed by atoms with van der Waals surface area (Å²) in [4.78, 5) is 0. The minimum atomic E-state index is 0.328. The molecule has 16 heavy (non-hydrogen) atoms. The molecule has 0 radical (unpaired) electrons. The molecular formula is C12H20ClN3. The molecule has 0 aromatic carbocycles. The van der Waals surface area contributed by atoms with Crippen molar-refractivity contribution in [3.8, 4) is 0 Å². The van der Waals surface area contributed by atoms with Crippen LogP contribution in [0.3, 0.4) is 0 Å². The number of aryl methyl sites for hydroxylation is 1. The highest BCUT2D eigenvalue weighted by Gasteiger charge is 2.46. The molecule has 1 saturated carbocycles. The fourth-order valence-corrected chi connectivity index (χ4v) is 2.60. The molecular weight excluding hydrogens is 222 g/mol. The molecule has 3 nitrogen and oxygen atoms in total. The van der Waals surface area contributed by atoms with Gasteiger partial charge >= 0.3 is 0 Å². The van der Waals surface area contributed by atoms with Crippen molar-refractivity contribution in [1.29, 1.82) is 0 Å². The second-order valence-corrected chi connectivity index (χ2v) is 5.38. The van der Waals surface area contributed by atoms with Gasteiger partial charge in [0.15, 0.2) is 0 Å². The van der Waals surface area contributed by atoms with E-state index < -0.39 is 0 Å². The molecule has 0 bridgehead atoms. The van der Waals surface area contributed by atoms with E-state index in [0.29, 0.717) is 11.5 Å². The first-order chi connectivity index (χ1) is 7.62. The third-order valence-corrected chi connectivity index (χ3v) is 3.86. The zero-order valence-corrected chi connectivity index (χ0v) is 11.0. The van der Waals surface area contributed by atoms with Gasteiger partial charge in [-0.1, -0.05) is 25.4 Å². The summed E-state index contributed by atoms with van der Waals surface area (Å²) >= 11 is 6.26. The van der Waals surface area contributed by atoms with Crippen LogP contribution in [0.1, 0.15) is 44.8 Å². The van der Waals surface area contributed by atoms with Gasteiger partial charge in [0.25, 0.3) is 0 Å². The molecule has 1 fully saturated rings. The van der Waals surface area contributed by atoms with Gasteiger partial charge < -0.3 is 5.32 Å². The number of hydrogen-bond acceptors (Lipinski definition) is 2. The van der Waals surface area contributed by atoms with Crippen molar-refractivity contribution in [2.45, 2.75) is 45.7 Å². The van der Waals surface area contributed by atoms with Crippen LogP contribution in [0.4, 0.5) is 0 Å². The standard InChI is InChI=1S/C12H20ClN3/c1-4-7-16-10(9(13)8-15-16)11(14-3)12(2)5-6-12/h8,11,14H,4-7H2,1-3H3. The summed E-state index contributed by atoms with van der Waals surface area (Å²) < 4.78 is 2.05. The van der Waals surface area contributed by atoms with Gasteiger partial charge in [-0.2, -0.15) is 5.10 Å². The lowest BCUT2D eigenvalue weighted by Crippen LogP contribution is -2.27. The van der Waals surface area contributed by atoms with E-state index in [1.807, 2.05) is 11.7 Å². The second-order valence-electron chi connectivity index (χ2n) is 4.98. The van der Waals surface area contributed by atoms with Gasteiger partial charge in [-0.15, -0.1) is 0 Å². The molecule has 0 saturated heterocycles. The quantitative estimate of drug-likeness (QED) is 0.859. The average molecular weight is 242 g/mol. The van der Waals surface area contributed by atoms with E-state index in [1.165, 1.54) is 12.8 Å². The van der Waals surface area contributed by atoms with Crippen LogP contribution in [0.15, 0.2) is 6.20 Å². The summed E-state index contributed by atoms with van der Waals surface area (Å²) in [5, 5.41) is 8.55. The fourth-order valence-electron chi connectivity index (χ4n) is 2.35. The zero-order chi connectivity index (χ0) is 11.8. The normalized spacial score (nSPS) is 19.8. The van der Waals surface area contributed by atoms with E-state index in [4.69, 9.17) is 11.6 Å². The Morgan fingerprint density at radius 1 is 1.62 bits per heavy atom. The molecule has 0 amide bonds. The molecule has 90 valence electrons. The minimum Gasteiger partial charge on any atom is -0.311 e. The van der Waals surface area contributed by atoms with Gasteiger partial charge in [-0.3, -0.25) is 4.68 Å². The van der Waals surface area contributed by atoms with Crippen LogP contribution >= 0.6 is 11.6 Å². The maximum Gasteiger partial charge on any atom is 0.0834 e. The number of hydrogen-bond donors (Lipinski definition) is 1. The summed E-state index contributed by atoms with van der Waals surface area (Å²) in [6, 6.07) is 0.328. The molecule has 1 atom stereocenters. The van der Waals surface area contributed by atoms with Crippen molar-refractivity contribution in [3.05, 3.63) is 16.9 Å². The third-order valence-electron chi connectivity index (χ3n) is 3.57. The monoisotopic (exact) mass is 241 g/mol. The first kappa shape index (κ1) is 11.9. The molecule has 1 aromatic heterocycles. The fraction of sp³-hybridized carbons (Fsp3) is 0.750. The van der Waals surface area contributed by atoms with Crippen LogP contribution < -0.4 is 5.32 Å². The summed E-state index contributed by atoms with van der Waals surface area (Å²) in [6.45, 7) is 5.41. The van der Waals surface area contributed by atoms with Crippen molar-refractivity contribution >= 4 is 11.6 Å². The third kappa shape index (κ3) is 1.98. The molecule has 0 spiro atoms. The smallest absolute Gasteiger partial charge is 0.0834 e. The Morgan fingerprint density at radius 3 is 2.81 bits per heavy atom. The highest BCUT2D eigenvalue weighted by atomic mass is 35.5. The van der Waals surface area contributed by atoms with Crippen LogP contribution in [-0.2, 0) is 6.54 Å². The number of rotatable bonds is 5. The molecule has 1 N–H and O–H groups in total. The van der Waals surface area contributed by atoms with E-state index in [2.05, 4.69) is 24.3 Å². The topological polar surface area (TPSA) is 29.9 Å². The summed E-state index contributed by atoms with van der Waals surface area (Å²) in [7, 11) is 2.01. The van der Waals surface area contributed by atoms with Crippen LogP contribution in [0, 0.1) is 5.41 Å². The Hall–Kier alpha value is -0.540. The Balaban J connectivity index is 2.32. The van der Waals surface area contributed by atoms with Crippen molar-refractivity contribution in [2.24, 2.45) is 5.41 Å². The molecule has 1 aromatic rings. The highest BCUT2D eigenvalue weighted by molar-refractivity contribution is 6.31. The summed E-state index contributed by atoms with van der Waals surface area (Å²) in [5.74, 6) is 0. The number of nitrogens with zero attached hydrogens (tertiary/aromatic N) is 2. The van der Waals surface area contributed by atoms with Crippen LogP contribution in [0.25, 0.3) is 0 Å². The van der Waals surface area contributed by atoms with E-state index in [-0.39, 0.29) is 0 Å². The highest BCUT2D eigenvalue weighted by Crippen LogP contribution is 2.55. The second kappa shape index (κ2) is 4.38. The number of halogens is 1. The first-order valence-electron chi connectivity index (χ1n) is 6.01. The van der Waals surface area contributed by atoms with Crippen molar-refractivity contribution in [3.63, 3.8) is 0 Å². The first-order valence-corrected chi connectivity index (χ1v) is 6.38. The maximum absolute atomic E-state index is 6.26. The Kier molecular flexibility index (Phi) is 3.27. The van der Waals surface area contributed by atoms with Crippen molar-refractivity contribution < 1.29 is 0 Å². The SMILES string of the molecule is CCCn1ncc(Cl)c1C(NC)C1(C)CC1. The lowest BCUT2D eigenvalue weighted by atomic mass is 9.96. The lowest BCUT2D eigenvalue weighted by molar-refractivity contribution is 0.362. The predicted molar refractivity (Wildman–Crippen MR) is 66.7 cm³/mol. The minimum absolute atomic E-state index is 0.328. The van der Waals surface area contributed by atoms with Crippen LogP contribution in [-0.4, -0.2) is 16.8 Å². The van der Waals surface area contributed by atoms with Crippen molar-refractivity contribution in [2.75, 3.05) is 7.05 Å². The molecule has 1 unspecified atom stereocenters. The van der Waals surface area contributed by atoms with Gasteiger partial charge in [0, 0.05) is 6.54 Å². The molecule has 4 heteroatoms. The summed E-state index contributed by atoms with van der Waals surface area (Å²) in [6.07, 6.45) is 5.39. The largest absolute Gasteiger partial charge is 0.311 e.